The van der Waals surface area contributed by atoms with Crippen LogP contribution in [-0.2, 0) is 22.5 Å². The second kappa shape index (κ2) is 8.62. The van der Waals surface area contributed by atoms with Crippen molar-refractivity contribution in [1.82, 2.24) is 9.88 Å². The lowest BCUT2D eigenvalue weighted by molar-refractivity contribution is -0.137. The van der Waals surface area contributed by atoms with Gasteiger partial charge in [0, 0.05) is 39.2 Å². The van der Waals surface area contributed by atoms with Gasteiger partial charge in [-0.25, -0.2) is 0 Å². The standard InChI is InChI=1S/C20H24N2O3/c1-24-12-4-11-22(14-16-7-9-21-10-8-16)20(23)18-13-17-5-2-3-6-19(17)25-15-18/h2-3,5-10,18H,4,11-15H2,1H3. The van der Waals surface area contributed by atoms with E-state index in [1.54, 1.807) is 19.5 Å². The summed E-state index contributed by atoms with van der Waals surface area (Å²) in [6, 6.07) is 11.8. The van der Waals surface area contributed by atoms with Gasteiger partial charge in [0.1, 0.15) is 12.4 Å². The van der Waals surface area contributed by atoms with Crippen molar-refractivity contribution in [3.8, 4) is 5.75 Å². The fraction of sp³-hybridized carbons (Fsp3) is 0.400. The van der Waals surface area contributed by atoms with Crippen LogP contribution in [0.4, 0.5) is 0 Å². The second-order valence-electron chi connectivity index (χ2n) is 6.28. The lowest BCUT2D eigenvalue weighted by Crippen LogP contribution is -2.41. The van der Waals surface area contributed by atoms with E-state index in [9.17, 15) is 4.79 Å². The minimum Gasteiger partial charge on any atom is -0.492 e. The molecular formula is C20H24N2O3. The fourth-order valence-electron chi connectivity index (χ4n) is 3.12. The third-order valence-electron chi connectivity index (χ3n) is 4.44. The van der Waals surface area contributed by atoms with Gasteiger partial charge < -0.3 is 14.4 Å². The van der Waals surface area contributed by atoms with Crippen LogP contribution in [-0.4, -0.2) is 42.7 Å². The zero-order chi connectivity index (χ0) is 17.5. The summed E-state index contributed by atoms with van der Waals surface area (Å²) in [6.45, 7) is 2.34. The van der Waals surface area contributed by atoms with E-state index in [0.717, 1.165) is 29.7 Å². The Bertz CT molecular complexity index is 690. The Morgan fingerprint density at radius 3 is 2.88 bits per heavy atom. The SMILES string of the molecule is COCCCN(Cc1ccncc1)C(=O)C1COc2ccccc2C1. The van der Waals surface area contributed by atoms with Crippen molar-refractivity contribution in [2.45, 2.75) is 19.4 Å². The van der Waals surface area contributed by atoms with Crippen molar-refractivity contribution in [2.24, 2.45) is 5.92 Å². The molecule has 0 bridgehead atoms. The molecule has 0 fully saturated rings. The highest BCUT2D eigenvalue weighted by Gasteiger charge is 2.29. The highest BCUT2D eigenvalue weighted by atomic mass is 16.5. The Balaban J connectivity index is 1.70. The molecule has 25 heavy (non-hydrogen) atoms. The van der Waals surface area contributed by atoms with Gasteiger partial charge in [-0.15, -0.1) is 0 Å². The van der Waals surface area contributed by atoms with Crippen LogP contribution in [0.25, 0.3) is 0 Å². The first-order valence-corrected chi connectivity index (χ1v) is 8.65. The molecule has 0 saturated heterocycles. The number of fused-ring (bicyclic) bond motifs is 1. The van der Waals surface area contributed by atoms with E-state index < -0.39 is 0 Å². The molecule has 1 aromatic carbocycles. The fourth-order valence-corrected chi connectivity index (χ4v) is 3.12. The van der Waals surface area contributed by atoms with E-state index in [0.29, 0.717) is 26.3 Å². The molecule has 2 heterocycles. The van der Waals surface area contributed by atoms with E-state index >= 15 is 0 Å². The number of carbonyl (C=O) groups is 1. The molecule has 0 saturated carbocycles. The highest BCUT2D eigenvalue weighted by Crippen LogP contribution is 2.28. The van der Waals surface area contributed by atoms with Gasteiger partial charge in [0.2, 0.25) is 5.91 Å². The van der Waals surface area contributed by atoms with Gasteiger partial charge in [-0.1, -0.05) is 18.2 Å². The molecule has 1 aliphatic rings. The summed E-state index contributed by atoms with van der Waals surface area (Å²) in [5, 5.41) is 0. The number of pyridine rings is 1. The minimum absolute atomic E-state index is 0.140. The molecule has 0 aliphatic carbocycles. The van der Waals surface area contributed by atoms with Crippen LogP contribution < -0.4 is 4.74 Å². The second-order valence-corrected chi connectivity index (χ2v) is 6.28. The smallest absolute Gasteiger partial charge is 0.229 e. The molecule has 1 atom stereocenters. The summed E-state index contributed by atoms with van der Waals surface area (Å²) in [5.41, 5.74) is 2.19. The highest BCUT2D eigenvalue weighted by molar-refractivity contribution is 5.79. The average molecular weight is 340 g/mol. The van der Waals surface area contributed by atoms with Crippen molar-refractivity contribution in [2.75, 3.05) is 26.9 Å². The predicted molar refractivity (Wildman–Crippen MR) is 95.3 cm³/mol. The van der Waals surface area contributed by atoms with Gasteiger partial charge in [-0.2, -0.15) is 0 Å². The monoisotopic (exact) mass is 340 g/mol. The summed E-state index contributed by atoms with van der Waals surface area (Å²) in [6.07, 6.45) is 5.06. The van der Waals surface area contributed by atoms with Crippen molar-refractivity contribution < 1.29 is 14.3 Å². The first-order chi connectivity index (χ1) is 12.3. The number of amides is 1. The number of benzene rings is 1. The number of hydrogen-bond acceptors (Lipinski definition) is 4. The van der Waals surface area contributed by atoms with Crippen LogP contribution in [0.3, 0.4) is 0 Å². The van der Waals surface area contributed by atoms with Crippen molar-refractivity contribution in [3.05, 3.63) is 59.9 Å². The Morgan fingerprint density at radius 1 is 1.28 bits per heavy atom. The van der Waals surface area contributed by atoms with E-state index in [1.165, 1.54) is 0 Å². The third-order valence-corrected chi connectivity index (χ3v) is 4.44. The molecule has 3 rings (SSSR count). The summed E-state index contributed by atoms with van der Waals surface area (Å²) >= 11 is 0. The minimum atomic E-state index is -0.140. The quantitative estimate of drug-likeness (QED) is 0.727. The maximum atomic E-state index is 13.1. The number of ether oxygens (including phenoxy) is 2. The topological polar surface area (TPSA) is 51.7 Å². The van der Waals surface area contributed by atoms with Crippen molar-refractivity contribution in [1.29, 1.82) is 0 Å². The Kier molecular flexibility index (Phi) is 6.01. The number of hydrogen-bond donors (Lipinski definition) is 0. The van der Waals surface area contributed by atoms with Crippen molar-refractivity contribution in [3.63, 3.8) is 0 Å². The zero-order valence-corrected chi connectivity index (χ0v) is 14.6. The predicted octanol–water partition coefficient (Wildman–Crippen LogP) is 2.70. The normalized spacial score (nSPS) is 16.0. The van der Waals surface area contributed by atoms with Gasteiger partial charge in [0.15, 0.2) is 0 Å². The van der Waals surface area contributed by atoms with E-state index in [-0.39, 0.29) is 11.8 Å². The number of rotatable bonds is 7. The molecule has 0 spiro atoms. The molecule has 1 aromatic heterocycles. The molecule has 0 N–H and O–H groups in total. The Morgan fingerprint density at radius 2 is 2.08 bits per heavy atom. The average Bonchev–Trinajstić information content (AvgIpc) is 2.67. The summed E-state index contributed by atoms with van der Waals surface area (Å²) in [7, 11) is 1.68. The molecule has 1 aliphatic heterocycles. The molecule has 0 radical (unpaired) electrons. The lowest BCUT2D eigenvalue weighted by Gasteiger charge is -2.30. The molecule has 5 nitrogen and oxygen atoms in total. The van der Waals surface area contributed by atoms with Crippen LogP contribution in [0.5, 0.6) is 5.75 Å². The summed E-state index contributed by atoms with van der Waals surface area (Å²) < 4.78 is 10.9. The van der Waals surface area contributed by atoms with Crippen LogP contribution >= 0.6 is 0 Å². The number of para-hydroxylation sites is 1. The van der Waals surface area contributed by atoms with E-state index in [1.807, 2.05) is 41.3 Å². The lowest BCUT2D eigenvalue weighted by atomic mass is 9.95. The number of carbonyl (C=O) groups excluding carboxylic acids is 1. The number of nitrogens with zero attached hydrogens (tertiary/aromatic N) is 2. The van der Waals surface area contributed by atoms with Crippen LogP contribution in [0, 0.1) is 5.92 Å². The molecule has 2 aromatic rings. The van der Waals surface area contributed by atoms with Gasteiger partial charge in [0.25, 0.3) is 0 Å². The summed E-state index contributed by atoms with van der Waals surface area (Å²) in [5.74, 6) is 0.897. The maximum Gasteiger partial charge on any atom is 0.229 e. The molecule has 132 valence electrons. The Hall–Kier alpha value is -2.40. The van der Waals surface area contributed by atoms with Crippen molar-refractivity contribution >= 4 is 5.91 Å². The molecule has 1 amide bonds. The van der Waals surface area contributed by atoms with Crippen LogP contribution in [0.15, 0.2) is 48.8 Å². The van der Waals surface area contributed by atoms with Crippen LogP contribution in [0.2, 0.25) is 0 Å². The Labute approximate surface area is 148 Å². The van der Waals surface area contributed by atoms with E-state index in [2.05, 4.69) is 4.98 Å². The first-order valence-electron chi connectivity index (χ1n) is 8.65. The van der Waals surface area contributed by atoms with Gasteiger partial charge in [-0.05, 0) is 42.2 Å². The van der Waals surface area contributed by atoms with Crippen LogP contribution in [0.1, 0.15) is 17.5 Å². The summed E-state index contributed by atoms with van der Waals surface area (Å²) in [4.78, 5) is 19.1. The third kappa shape index (κ3) is 4.57. The molecular weight excluding hydrogens is 316 g/mol. The zero-order valence-electron chi connectivity index (χ0n) is 14.6. The number of aromatic nitrogens is 1. The van der Waals surface area contributed by atoms with Gasteiger partial charge in [-0.3, -0.25) is 9.78 Å². The largest absolute Gasteiger partial charge is 0.492 e. The first kappa shape index (κ1) is 17.4. The molecule has 5 heteroatoms. The van der Waals surface area contributed by atoms with Gasteiger partial charge in [0.05, 0.1) is 5.92 Å². The molecule has 1 unspecified atom stereocenters. The van der Waals surface area contributed by atoms with E-state index in [4.69, 9.17) is 9.47 Å². The van der Waals surface area contributed by atoms with Gasteiger partial charge >= 0.3 is 0 Å². The maximum absolute atomic E-state index is 13.1. The number of methoxy groups -OCH3 is 1.